The molecule has 2 aromatic rings. The molecule has 5 nitrogen and oxygen atoms in total. The number of piperidine rings is 1. The lowest BCUT2D eigenvalue weighted by atomic mass is 9.96. The number of aliphatic hydroxyl groups is 1. The summed E-state index contributed by atoms with van der Waals surface area (Å²) in [4.78, 5) is 4.77. The van der Waals surface area contributed by atoms with Crippen LogP contribution in [-0.4, -0.2) is 64.4 Å². The van der Waals surface area contributed by atoms with Crippen LogP contribution in [0.3, 0.4) is 0 Å². The molecule has 0 saturated carbocycles. The summed E-state index contributed by atoms with van der Waals surface area (Å²) in [6, 6.07) is 8.39. The highest BCUT2D eigenvalue weighted by Crippen LogP contribution is 2.18. The highest BCUT2D eigenvalue weighted by Gasteiger charge is 2.20. The van der Waals surface area contributed by atoms with Crippen molar-refractivity contribution in [2.45, 2.75) is 19.4 Å². The molecule has 0 amide bonds. The van der Waals surface area contributed by atoms with E-state index in [1.807, 2.05) is 16.8 Å². The van der Waals surface area contributed by atoms with Crippen LogP contribution in [0.15, 0.2) is 30.5 Å². The monoisotopic (exact) mass is 302 g/mol. The van der Waals surface area contributed by atoms with Crippen LogP contribution in [0.25, 0.3) is 5.52 Å². The van der Waals surface area contributed by atoms with Crippen molar-refractivity contribution in [2.75, 3.05) is 39.8 Å². The van der Waals surface area contributed by atoms with E-state index in [1.54, 1.807) is 0 Å². The second kappa shape index (κ2) is 7.22. The van der Waals surface area contributed by atoms with Gasteiger partial charge in [-0.1, -0.05) is 6.07 Å². The Bertz CT molecular complexity index is 589. The fourth-order valence-electron chi connectivity index (χ4n) is 3.44. The van der Waals surface area contributed by atoms with Gasteiger partial charge in [-0.25, -0.2) is 4.52 Å². The Morgan fingerprint density at radius 1 is 1.27 bits per heavy atom. The van der Waals surface area contributed by atoms with Crippen molar-refractivity contribution in [2.24, 2.45) is 5.92 Å². The van der Waals surface area contributed by atoms with Crippen molar-refractivity contribution in [1.82, 2.24) is 19.4 Å². The Balaban J connectivity index is 1.53. The van der Waals surface area contributed by atoms with E-state index in [0.29, 0.717) is 0 Å². The molecule has 1 N–H and O–H groups in total. The van der Waals surface area contributed by atoms with Gasteiger partial charge in [0, 0.05) is 25.8 Å². The van der Waals surface area contributed by atoms with Crippen molar-refractivity contribution < 1.29 is 5.11 Å². The van der Waals surface area contributed by atoms with E-state index in [4.69, 9.17) is 5.11 Å². The van der Waals surface area contributed by atoms with Gasteiger partial charge in [-0.3, -0.25) is 0 Å². The zero-order chi connectivity index (χ0) is 15.4. The maximum absolute atomic E-state index is 9.00. The largest absolute Gasteiger partial charge is 0.395 e. The molecule has 3 heterocycles. The quantitative estimate of drug-likeness (QED) is 0.877. The molecule has 3 rings (SSSR count). The maximum atomic E-state index is 9.00. The number of aromatic nitrogens is 2. The highest BCUT2D eigenvalue weighted by molar-refractivity contribution is 5.46. The molecule has 0 aromatic carbocycles. The number of nitrogens with zero attached hydrogens (tertiary/aromatic N) is 4. The van der Waals surface area contributed by atoms with Gasteiger partial charge in [-0.05, 0) is 57.1 Å². The van der Waals surface area contributed by atoms with Gasteiger partial charge < -0.3 is 14.9 Å². The van der Waals surface area contributed by atoms with Crippen LogP contribution in [0.4, 0.5) is 0 Å². The van der Waals surface area contributed by atoms with Gasteiger partial charge in [0.25, 0.3) is 0 Å². The summed E-state index contributed by atoms with van der Waals surface area (Å²) in [5, 5.41) is 13.4. The lowest BCUT2D eigenvalue weighted by molar-refractivity contribution is 0.129. The fraction of sp³-hybridized carbons (Fsp3) is 0.588. The molecule has 0 atom stereocenters. The summed E-state index contributed by atoms with van der Waals surface area (Å²) in [5.74, 6) is 0.761. The van der Waals surface area contributed by atoms with E-state index >= 15 is 0 Å². The predicted molar refractivity (Wildman–Crippen MR) is 87.8 cm³/mol. The Kier molecular flexibility index (Phi) is 5.08. The van der Waals surface area contributed by atoms with Gasteiger partial charge in [-0.15, -0.1) is 0 Å². The molecule has 1 aliphatic heterocycles. The summed E-state index contributed by atoms with van der Waals surface area (Å²) in [6.45, 7) is 5.39. The molecule has 0 bridgehead atoms. The minimum absolute atomic E-state index is 0.276. The number of hydrogen-bond donors (Lipinski definition) is 1. The summed E-state index contributed by atoms with van der Waals surface area (Å²) in [7, 11) is 2.20. The number of fused-ring (bicyclic) bond motifs is 1. The second-order valence-corrected chi connectivity index (χ2v) is 6.39. The third-order valence-electron chi connectivity index (χ3n) is 4.62. The average molecular weight is 302 g/mol. The normalized spacial score (nSPS) is 17.6. The molecule has 0 spiro atoms. The molecule has 120 valence electrons. The highest BCUT2D eigenvalue weighted by atomic mass is 16.3. The van der Waals surface area contributed by atoms with E-state index in [0.717, 1.165) is 44.2 Å². The summed E-state index contributed by atoms with van der Waals surface area (Å²) < 4.78 is 2.03. The third-order valence-corrected chi connectivity index (χ3v) is 4.62. The van der Waals surface area contributed by atoms with Gasteiger partial charge in [0.2, 0.25) is 0 Å². The molecular weight excluding hydrogens is 276 g/mol. The number of aliphatic hydroxyl groups excluding tert-OH is 1. The van der Waals surface area contributed by atoms with Gasteiger partial charge in [0.1, 0.15) is 0 Å². The summed E-state index contributed by atoms with van der Waals surface area (Å²) in [6.07, 6.45) is 4.32. The average Bonchev–Trinajstić information content (AvgIpc) is 2.99. The molecule has 5 heteroatoms. The van der Waals surface area contributed by atoms with Crippen molar-refractivity contribution in [3.63, 3.8) is 0 Å². The van der Waals surface area contributed by atoms with Crippen LogP contribution in [0.5, 0.6) is 0 Å². The molecule has 1 fully saturated rings. The van der Waals surface area contributed by atoms with E-state index in [9.17, 15) is 0 Å². The zero-order valence-corrected chi connectivity index (χ0v) is 13.4. The topological polar surface area (TPSA) is 44.0 Å². The van der Waals surface area contributed by atoms with Crippen molar-refractivity contribution >= 4 is 5.52 Å². The van der Waals surface area contributed by atoms with Crippen molar-refractivity contribution in [1.29, 1.82) is 0 Å². The smallest absolute Gasteiger partial charge is 0.0665 e. The second-order valence-electron chi connectivity index (χ2n) is 6.39. The van der Waals surface area contributed by atoms with Crippen LogP contribution in [0.2, 0.25) is 0 Å². The van der Waals surface area contributed by atoms with Crippen LogP contribution in [0, 0.1) is 5.92 Å². The fourth-order valence-corrected chi connectivity index (χ4v) is 3.44. The molecular formula is C17H26N4O. The molecule has 0 aliphatic carbocycles. The van der Waals surface area contributed by atoms with Gasteiger partial charge in [0.15, 0.2) is 0 Å². The van der Waals surface area contributed by atoms with Crippen molar-refractivity contribution in [3.8, 4) is 0 Å². The molecule has 0 unspecified atom stereocenters. The number of likely N-dealkylation sites (tertiary alicyclic amines) is 1. The van der Waals surface area contributed by atoms with Gasteiger partial charge >= 0.3 is 0 Å². The molecule has 22 heavy (non-hydrogen) atoms. The number of pyridine rings is 1. The SMILES string of the molecule is CN(Cc1cccc2ccnn12)CC1CCN(CCO)CC1. The van der Waals surface area contributed by atoms with Gasteiger partial charge in [0.05, 0.1) is 17.8 Å². The Labute approximate surface area is 132 Å². The summed E-state index contributed by atoms with van der Waals surface area (Å²) >= 11 is 0. The first-order valence-corrected chi connectivity index (χ1v) is 8.19. The first kappa shape index (κ1) is 15.5. The summed E-state index contributed by atoms with van der Waals surface area (Å²) in [5.41, 5.74) is 2.39. The lowest BCUT2D eigenvalue weighted by Gasteiger charge is -2.33. The van der Waals surface area contributed by atoms with E-state index < -0.39 is 0 Å². The van der Waals surface area contributed by atoms with Crippen LogP contribution in [-0.2, 0) is 6.54 Å². The molecule has 0 radical (unpaired) electrons. The zero-order valence-electron chi connectivity index (χ0n) is 13.4. The molecule has 2 aromatic heterocycles. The Morgan fingerprint density at radius 3 is 2.86 bits per heavy atom. The van der Waals surface area contributed by atoms with Crippen LogP contribution in [0.1, 0.15) is 18.5 Å². The standard InChI is InChI=1S/C17H26N4O/c1-19(13-15-6-9-20(10-7-15)11-12-22)14-17-4-2-3-16-5-8-18-21(16)17/h2-5,8,15,22H,6-7,9-14H2,1H3. The minimum Gasteiger partial charge on any atom is -0.395 e. The van der Waals surface area contributed by atoms with Crippen LogP contribution >= 0.6 is 0 Å². The predicted octanol–water partition coefficient (Wildman–Crippen LogP) is 1.47. The lowest BCUT2D eigenvalue weighted by Crippen LogP contribution is -2.39. The molecule has 1 aliphatic rings. The Hall–Kier alpha value is -1.43. The van der Waals surface area contributed by atoms with Crippen LogP contribution < -0.4 is 0 Å². The van der Waals surface area contributed by atoms with E-state index in [2.05, 4.69) is 40.1 Å². The first-order chi connectivity index (χ1) is 10.8. The maximum Gasteiger partial charge on any atom is 0.0665 e. The Morgan fingerprint density at radius 2 is 2.09 bits per heavy atom. The number of rotatable bonds is 6. The number of hydrogen-bond acceptors (Lipinski definition) is 4. The van der Waals surface area contributed by atoms with E-state index in [-0.39, 0.29) is 6.61 Å². The van der Waals surface area contributed by atoms with E-state index in [1.165, 1.54) is 18.5 Å². The first-order valence-electron chi connectivity index (χ1n) is 8.19. The minimum atomic E-state index is 0.276. The number of β-amino-alcohol motifs (C(OH)–C–C–N with tert-alkyl or cyclic N) is 1. The molecule has 1 saturated heterocycles. The van der Waals surface area contributed by atoms with Gasteiger partial charge in [-0.2, -0.15) is 5.10 Å². The third kappa shape index (κ3) is 3.66. The van der Waals surface area contributed by atoms with Crippen molar-refractivity contribution in [3.05, 3.63) is 36.2 Å².